The molecule has 2 aromatic heterocycles. The number of nitrogens with zero attached hydrogens (tertiary/aromatic N) is 1. The highest BCUT2D eigenvalue weighted by molar-refractivity contribution is 7.14. The van der Waals surface area contributed by atoms with Gasteiger partial charge in [-0.3, -0.25) is 0 Å². The maximum Gasteiger partial charge on any atom is 0.0824 e. The number of aliphatic imine (C=N–C) groups is 1. The van der Waals surface area contributed by atoms with Gasteiger partial charge in [-0.15, -0.1) is 11.3 Å². The van der Waals surface area contributed by atoms with E-state index in [1.54, 1.807) is 11.3 Å². The van der Waals surface area contributed by atoms with E-state index >= 15 is 0 Å². The Labute approximate surface area is 142 Å². The van der Waals surface area contributed by atoms with E-state index in [9.17, 15) is 0 Å². The van der Waals surface area contributed by atoms with Gasteiger partial charge < -0.3 is 4.98 Å². The Hall–Kier alpha value is -2.36. The number of rotatable bonds is 1. The van der Waals surface area contributed by atoms with Gasteiger partial charge in [0.05, 0.1) is 16.3 Å². The van der Waals surface area contributed by atoms with Crippen molar-refractivity contribution < 1.29 is 0 Å². The second-order valence-corrected chi connectivity index (χ2v) is 6.89. The first-order valence-electron chi connectivity index (χ1n) is 7.34. The lowest BCUT2D eigenvalue weighted by Crippen LogP contribution is -2.02. The Balaban J connectivity index is 1.90. The smallest absolute Gasteiger partial charge is 0.0824 e. The van der Waals surface area contributed by atoms with Gasteiger partial charge in [-0.25, -0.2) is 4.99 Å². The molecule has 2 aromatic carbocycles. The van der Waals surface area contributed by atoms with Crippen molar-refractivity contribution in [1.82, 2.24) is 4.98 Å². The highest BCUT2D eigenvalue weighted by Crippen LogP contribution is 2.44. The standard InChI is InChI=1S/C19H11ClN2S/c20-12-6-4-11(5-7-12)18-13-2-1-3-15-17(13)14(10-21-15)19-16(22-18)8-9-23-19/h1-10,21H. The number of H-pyrrole nitrogens is 1. The van der Waals surface area contributed by atoms with Gasteiger partial charge >= 0.3 is 0 Å². The van der Waals surface area contributed by atoms with E-state index in [0.29, 0.717) is 0 Å². The Morgan fingerprint density at radius 3 is 2.70 bits per heavy atom. The van der Waals surface area contributed by atoms with Gasteiger partial charge in [-0.1, -0.05) is 35.9 Å². The van der Waals surface area contributed by atoms with Crippen molar-refractivity contribution in [3.05, 3.63) is 76.3 Å². The molecule has 0 bridgehead atoms. The summed E-state index contributed by atoms with van der Waals surface area (Å²) >= 11 is 7.78. The third-order valence-electron chi connectivity index (χ3n) is 4.20. The van der Waals surface area contributed by atoms with E-state index in [1.807, 2.05) is 24.3 Å². The second-order valence-electron chi connectivity index (χ2n) is 5.53. The zero-order valence-corrected chi connectivity index (χ0v) is 13.6. The number of hydrogen-bond donors (Lipinski definition) is 1. The summed E-state index contributed by atoms with van der Waals surface area (Å²) in [4.78, 5) is 9.59. The molecule has 0 amide bonds. The normalized spacial score (nSPS) is 12.8. The minimum atomic E-state index is 0.736. The van der Waals surface area contributed by atoms with Crippen LogP contribution >= 0.6 is 22.9 Å². The SMILES string of the molecule is Clc1ccc(C2=Nc3ccsc3-c3c[nH]c4cccc2c34)cc1. The summed E-state index contributed by atoms with van der Waals surface area (Å²) in [6.07, 6.45) is 2.09. The minimum absolute atomic E-state index is 0.736. The first-order chi connectivity index (χ1) is 11.3. The monoisotopic (exact) mass is 334 g/mol. The van der Waals surface area contributed by atoms with Crippen LogP contribution in [0.1, 0.15) is 11.1 Å². The van der Waals surface area contributed by atoms with Gasteiger partial charge in [-0.2, -0.15) is 0 Å². The zero-order valence-electron chi connectivity index (χ0n) is 12.0. The average molecular weight is 335 g/mol. The van der Waals surface area contributed by atoms with Crippen molar-refractivity contribution in [3.63, 3.8) is 0 Å². The van der Waals surface area contributed by atoms with Gasteiger partial charge in [0.2, 0.25) is 0 Å². The predicted octanol–water partition coefficient (Wildman–Crippen LogP) is 6.03. The maximum atomic E-state index is 6.05. The van der Waals surface area contributed by atoms with Crippen LogP contribution in [-0.2, 0) is 0 Å². The number of halogens is 1. The van der Waals surface area contributed by atoms with Crippen molar-refractivity contribution in [2.75, 3.05) is 0 Å². The third kappa shape index (κ3) is 1.90. The highest BCUT2D eigenvalue weighted by atomic mass is 35.5. The molecule has 0 spiro atoms. The van der Waals surface area contributed by atoms with Crippen molar-refractivity contribution in [3.8, 4) is 10.4 Å². The predicted molar refractivity (Wildman–Crippen MR) is 98.4 cm³/mol. The largest absolute Gasteiger partial charge is 0.360 e. The maximum absolute atomic E-state index is 6.05. The quantitative estimate of drug-likeness (QED) is 0.387. The molecule has 0 aliphatic carbocycles. The fourth-order valence-corrected chi connectivity index (χ4v) is 4.14. The highest BCUT2D eigenvalue weighted by Gasteiger charge is 2.21. The molecule has 2 nitrogen and oxygen atoms in total. The lowest BCUT2D eigenvalue weighted by molar-refractivity contribution is 1.46. The van der Waals surface area contributed by atoms with E-state index in [2.05, 4.69) is 40.8 Å². The average Bonchev–Trinajstić information content (AvgIpc) is 3.17. The molecule has 0 fully saturated rings. The number of benzene rings is 2. The van der Waals surface area contributed by atoms with Gasteiger partial charge in [0.1, 0.15) is 0 Å². The summed E-state index contributed by atoms with van der Waals surface area (Å²) in [5, 5.41) is 4.07. The van der Waals surface area contributed by atoms with Crippen LogP contribution in [0.3, 0.4) is 0 Å². The molecule has 0 unspecified atom stereocenters. The molecule has 4 aromatic rings. The van der Waals surface area contributed by atoms with Gasteiger partial charge in [0, 0.05) is 38.8 Å². The minimum Gasteiger partial charge on any atom is -0.360 e. The van der Waals surface area contributed by atoms with Crippen molar-refractivity contribution in [2.24, 2.45) is 4.99 Å². The van der Waals surface area contributed by atoms with E-state index in [1.165, 1.54) is 15.8 Å². The molecule has 0 radical (unpaired) electrons. The number of nitrogens with one attached hydrogen (secondary N) is 1. The Morgan fingerprint density at radius 1 is 0.957 bits per heavy atom. The molecule has 4 heteroatoms. The van der Waals surface area contributed by atoms with Gasteiger partial charge in [-0.05, 0) is 29.6 Å². The number of thiophene rings is 1. The summed E-state index contributed by atoms with van der Waals surface area (Å²) in [6, 6.07) is 16.3. The Morgan fingerprint density at radius 2 is 1.83 bits per heavy atom. The molecule has 5 rings (SSSR count). The van der Waals surface area contributed by atoms with Crippen LogP contribution in [-0.4, -0.2) is 10.7 Å². The Bertz CT molecular complexity index is 1070. The molecule has 0 saturated carbocycles. The summed E-state index contributed by atoms with van der Waals surface area (Å²) in [5.41, 5.74) is 6.62. The molecular weight excluding hydrogens is 324 g/mol. The number of fused-ring (bicyclic) bond motifs is 2. The van der Waals surface area contributed by atoms with E-state index in [-0.39, 0.29) is 0 Å². The summed E-state index contributed by atoms with van der Waals surface area (Å²) < 4.78 is 0. The third-order valence-corrected chi connectivity index (χ3v) is 5.39. The van der Waals surface area contributed by atoms with Gasteiger partial charge in [0.25, 0.3) is 0 Å². The molecule has 0 atom stereocenters. The van der Waals surface area contributed by atoms with E-state index < -0.39 is 0 Å². The topological polar surface area (TPSA) is 28.1 Å². The molecule has 1 N–H and O–H groups in total. The molecule has 1 aliphatic heterocycles. The fraction of sp³-hybridized carbons (Fsp3) is 0. The van der Waals surface area contributed by atoms with E-state index in [0.717, 1.165) is 33.1 Å². The summed E-state index contributed by atoms with van der Waals surface area (Å²) in [7, 11) is 0. The van der Waals surface area contributed by atoms with Crippen molar-refractivity contribution in [2.45, 2.75) is 0 Å². The van der Waals surface area contributed by atoms with Crippen LogP contribution in [0.5, 0.6) is 0 Å². The summed E-state index contributed by atoms with van der Waals surface area (Å²) in [6.45, 7) is 0. The number of aromatic amines is 1. The van der Waals surface area contributed by atoms with Crippen LogP contribution in [0, 0.1) is 0 Å². The molecule has 0 saturated heterocycles. The van der Waals surface area contributed by atoms with Crippen LogP contribution in [0.4, 0.5) is 5.69 Å². The second kappa shape index (κ2) is 4.82. The van der Waals surface area contributed by atoms with Crippen molar-refractivity contribution in [1.29, 1.82) is 0 Å². The molecule has 110 valence electrons. The molecule has 1 aliphatic rings. The number of aromatic nitrogens is 1. The first-order valence-corrected chi connectivity index (χ1v) is 8.60. The van der Waals surface area contributed by atoms with Gasteiger partial charge in [0.15, 0.2) is 0 Å². The van der Waals surface area contributed by atoms with Crippen LogP contribution < -0.4 is 0 Å². The van der Waals surface area contributed by atoms with Crippen LogP contribution in [0.2, 0.25) is 5.02 Å². The molecular formula is C19H11ClN2S. The lowest BCUT2D eigenvalue weighted by Gasteiger charge is -2.08. The lowest BCUT2D eigenvalue weighted by atomic mass is 9.97. The van der Waals surface area contributed by atoms with Crippen molar-refractivity contribution >= 4 is 45.2 Å². The number of hydrogen-bond acceptors (Lipinski definition) is 2. The van der Waals surface area contributed by atoms with Crippen LogP contribution in [0.25, 0.3) is 21.3 Å². The Kier molecular flexibility index (Phi) is 2.75. The van der Waals surface area contributed by atoms with E-state index in [4.69, 9.17) is 16.6 Å². The van der Waals surface area contributed by atoms with Crippen LogP contribution in [0.15, 0.2) is 65.1 Å². The molecule has 23 heavy (non-hydrogen) atoms. The first kappa shape index (κ1) is 13.1. The fourth-order valence-electron chi connectivity index (χ4n) is 3.16. The zero-order chi connectivity index (χ0) is 15.4. The molecule has 3 heterocycles. The summed E-state index contributed by atoms with van der Waals surface area (Å²) in [5.74, 6) is 0.